The van der Waals surface area contributed by atoms with E-state index in [1.54, 1.807) is 32.9 Å². The van der Waals surface area contributed by atoms with Crippen LogP contribution in [0, 0.1) is 5.82 Å². The van der Waals surface area contributed by atoms with Crippen molar-refractivity contribution in [1.29, 1.82) is 0 Å². The molecule has 1 unspecified atom stereocenters. The number of sulfone groups is 1. The monoisotopic (exact) mass is 1010 g/mol. The molecule has 12 nitrogen and oxygen atoms in total. The van der Waals surface area contributed by atoms with E-state index >= 15 is 4.39 Å². The lowest BCUT2D eigenvalue weighted by molar-refractivity contribution is -0.138. The molecule has 0 spiro atoms. The average molecular weight is 1010 g/mol. The van der Waals surface area contributed by atoms with E-state index in [2.05, 4.69) is 20.6 Å². The molecule has 6 rings (SSSR count). The number of likely N-dealkylation sites (N-methyl/N-ethyl adjacent to an activating group) is 2. The van der Waals surface area contributed by atoms with Crippen LogP contribution in [0.1, 0.15) is 107 Å². The fourth-order valence-electron chi connectivity index (χ4n) is 8.24. The van der Waals surface area contributed by atoms with Crippen molar-refractivity contribution in [3.05, 3.63) is 118 Å². The predicted molar refractivity (Wildman–Crippen MR) is 245 cm³/mol. The molecule has 4 aromatic rings. The van der Waals surface area contributed by atoms with Crippen molar-refractivity contribution < 1.29 is 66.8 Å². The van der Waals surface area contributed by atoms with Gasteiger partial charge in [0.05, 0.1) is 33.3 Å². The number of anilines is 1. The van der Waals surface area contributed by atoms with E-state index in [4.69, 9.17) is 34.5 Å². The van der Waals surface area contributed by atoms with Gasteiger partial charge in [0, 0.05) is 38.6 Å². The zero-order chi connectivity index (χ0) is 55.8. The summed E-state index contributed by atoms with van der Waals surface area (Å²) in [5.41, 5.74) is -1.01. The predicted octanol–water partition coefficient (Wildman–Crippen LogP) is 10.4. The molecule has 0 aliphatic heterocycles. The van der Waals surface area contributed by atoms with Gasteiger partial charge < -0.3 is 30.3 Å². The number of hydrogen-bond acceptors (Lipinski definition) is 10. The summed E-state index contributed by atoms with van der Waals surface area (Å²) in [5.74, 6) is -2.23. The minimum Gasteiger partial charge on any atom is -0.483 e. The Balaban J connectivity index is 0.000000318. The number of alkyl carbamates (subject to hydrolysis) is 1. The van der Waals surface area contributed by atoms with Gasteiger partial charge in [-0.25, -0.2) is 27.6 Å². The minimum absolute atomic E-state index is 0.0663. The molecule has 2 saturated carbocycles. The Morgan fingerprint density at radius 2 is 1.38 bits per heavy atom. The van der Waals surface area contributed by atoms with Crippen LogP contribution in [0.5, 0.6) is 0 Å². The highest BCUT2D eigenvalue weighted by atomic mass is 35.5. The third kappa shape index (κ3) is 16.0. The fourth-order valence-corrected chi connectivity index (χ4v) is 9.89. The first-order valence-corrected chi connectivity index (χ1v) is 23.2. The normalized spacial score (nSPS) is 22.8. The van der Waals surface area contributed by atoms with Crippen LogP contribution in [-0.2, 0) is 37.5 Å². The number of benzene rings is 3. The van der Waals surface area contributed by atoms with Gasteiger partial charge in [-0.3, -0.25) is 4.79 Å². The van der Waals surface area contributed by atoms with Crippen LogP contribution in [0.3, 0.4) is 0 Å². The molecule has 3 N–H and O–H groups in total. The third-order valence-corrected chi connectivity index (χ3v) is 13.4. The first-order valence-electron chi connectivity index (χ1n) is 24.2. The van der Waals surface area contributed by atoms with E-state index in [1.807, 2.05) is 0 Å². The lowest BCUT2D eigenvalue weighted by Crippen LogP contribution is -2.53. The molecule has 0 radical (unpaired) electrons. The van der Waals surface area contributed by atoms with Gasteiger partial charge in [0.1, 0.15) is 22.6 Å². The smallest absolute Gasteiger partial charge is 0.416 e. The Bertz CT molecular complexity index is 2630. The van der Waals surface area contributed by atoms with Crippen LogP contribution in [0.25, 0.3) is 0 Å². The van der Waals surface area contributed by atoms with E-state index < -0.39 is 99.6 Å². The maximum absolute atomic E-state index is 15.1. The summed E-state index contributed by atoms with van der Waals surface area (Å²) < 4.78 is 172. The van der Waals surface area contributed by atoms with Gasteiger partial charge in [-0.05, 0) is 141 Å². The number of rotatable bonds is 10. The summed E-state index contributed by atoms with van der Waals surface area (Å²) in [6.07, 6.45) is -4.85. The number of ether oxygens (including phenoxy) is 1. The van der Waals surface area contributed by atoms with Crippen molar-refractivity contribution in [1.82, 2.24) is 25.1 Å². The number of halogens is 8. The van der Waals surface area contributed by atoms with Crippen molar-refractivity contribution >= 4 is 39.7 Å². The number of aromatic nitrogens is 2. The number of carboxylic acid groups (broad SMARTS) is 1. The Labute approximate surface area is 406 Å². The quantitative estimate of drug-likeness (QED) is 0.103. The van der Waals surface area contributed by atoms with E-state index in [0.717, 1.165) is 41.3 Å². The lowest BCUT2D eigenvalue weighted by Gasteiger charge is -2.41. The summed E-state index contributed by atoms with van der Waals surface area (Å²) in [4.78, 5) is 29.9. The standard InChI is InChI=1S/C26H27ClF4N4O2S.C20H29F3N2O2.CH2O2/c1-35(2)24-11-17(16-4-3-5-18(10-16)26(29,30)31)6-7-22(24)34-23-13-21(28)25(12-20(23)27)38(36,37)14-19-8-9-32-15-33-19;1-19(2,3)27-18(26)24-16-10-9-14(12-17(16)25(4)5)13-7-6-8-15(11-13)20(21,22)23;2-1-3/h3-5,8-10,12-13,15,17,22,24,34H,6-7,11,14H2,1-2H3;6-8,11,14,16-17H,9-10,12H2,1-5H3,(H,24,26);1H,(H,2,3)/t17-,22-,24-;14-,16?,17-;/m00./s1/i1D3;4D3;. The highest BCUT2D eigenvalue weighted by Gasteiger charge is 2.38. The number of hydrogen-bond donors (Lipinski definition) is 3. The minimum atomic E-state index is -4.51. The number of carbonyl (C=O) groups is 2. The number of nitrogens with one attached hydrogen (secondary N) is 2. The summed E-state index contributed by atoms with van der Waals surface area (Å²) >= 11 is 6.38. The molecule has 1 amide bonds. The zero-order valence-corrected chi connectivity index (χ0v) is 39.3. The SMILES string of the molecule is O=CO.[2H]C([2H])([2H])N(C)[C@H]1C[C@@H](c2cccc(C(F)(F)F)c2)CCC1NC(=O)OC(C)(C)C.[2H]C([2H])([2H])N(C)[C@H]1C[C@@H](c2cccc(C(F)(F)F)c2)CC[C@@H]1Nc1cc(F)c(S(=O)(=O)Cc2ccncn2)cc1Cl. The average Bonchev–Trinajstić information content (AvgIpc) is 3.29. The van der Waals surface area contributed by atoms with Gasteiger partial charge in [0.2, 0.25) is 0 Å². The number of amides is 1. The molecule has 1 heterocycles. The summed E-state index contributed by atoms with van der Waals surface area (Å²) in [7, 11) is -1.32. The van der Waals surface area contributed by atoms with Crippen LogP contribution >= 0.6 is 11.6 Å². The maximum Gasteiger partial charge on any atom is 0.416 e. The van der Waals surface area contributed by atoms with Gasteiger partial charge >= 0.3 is 18.4 Å². The van der Waals surface area contributed by atoms with Crippen LogP contribution in [-0.4, -0.2) is 104 Å². The molecule has 68 heavy (non-hydrogen) atoms. The Morgan fingerprint density at radius 1 is 0.868 bits per heavy atom. The van der Waals surface area contributed by atoms with Crippen LogP contribution in [0.4, 0.5) is 41.2 Å². The third-order valence-electron chi connectivity index (χ3n) is 11.4. The molecule has 0 bridgehead atoms. The van der Waals surface area contributed by atoms with Crippen molar-refractivity contribution in [2.75, 3.05) is 33.4 Å². The van der Waals surface area contributed by atoms with E-state index in [9.17, 15) is 39.6 Å². The fraction of sp³-hybridized carbons (Fsp3) is 0.489. The van der Waals surface area contributed by atoms with Gasteiger partial charge in [-0.2, -0.15) is 26.3 Å². The molecule has 3 aromatic carbocycles. The molecular formula is C47H58ClF7N6O6S. The molecule has 2 aliphatic carbocycles. The molecule has 2 aliphatic rings. The number of alkyl halides is 6. The first kappa shape index (κ1) is 46.7. The van der Waals surface area contributed by atoms with E-state index in [1.165, 1.54) is 49.7 Å². The maximum atomic E-state index is 15.1. The molecule has 1 aromatic heterocycles. The van der Waals surface area contributed by atoms with Crippen molar-refractivity contribution in [3.8, 4) is 0 Å². The van der Waals surface area contributed by atoms with Gasteiger partial charge in [0.15, 0.2) is 9.84 Å². The number of carbonyl (C=O) groups excluding carboxylic acids is 1. The van der Waals surface area contributed by atoms with Gasteiger partial charge in [-0.15, -0.1) is 0 Å². The summed E-state index contributed by atoms with van der Waals surface area (Å²) in [6.45, 7) is -0.00198. The zero-order valence-electron chi connectivity index (χ0n) is 43.7. The van der Waals surface area contributed by atoms with Crippen molar-refractivity contribution in [2.24, 2.45) is 0 Å². The number of nitrogens with zero attached hydrogens (tertiary/aromatic N) is 4. The van der Waals surface area contributed by atoms with E-state index in [-0.39, 0.29) is 41.1 Å². The second kappa shape index (κ2) is 23.5. The Morgan fingerprint density at radius 3 is 1.85 bits per heavy atom. The van der Waals surface area contributed by atoms with Crippen molar-refractivity contribution in [2.45, 2.75) is 124 Å². The topological polar surface area (TPSA) is 154 Å². The van der Waals surface area contributed by atoms with Crippen LogP contribution < -0.4 is 10.6 Å². The highest BCUT2D eigenvalue weighted by Crippen LogP contribution is 2.41. The molecule has 374 valence electrons. The van der Waals surface area contributed by atoms with Crippen molar-refractivity contribution in [3.63, 3.8) is 0 Å². The van der Waals surface area contributed by atoms with Crippen LogP contribution in [0.2, 0.25) is 5.02 Å². The Hall–Kier alpha value is -5.05. The molecular weight excluding hydrogens is 945 g/mol. The summed E-state index contributed by atoms with van der Waals surface area (Å²) in [5, 5.41) is 12.6. The van der Waals surface area contributed by atoms with Gasteiger partial charge in [-0.1, -0.05) is 48.0 Å². The molecule has 2 fully saturated rings. The second-order valence-corrected chi connectivity index (χ2v) is 19.8. The first-order chi connectivity index (χ1) is 34.0. The summed E-state index contributed by atoms with van der Waals surface area (Å²) in [6, 6.07) is 11.1. The molecule has 6 atom stereocenters. The Kier molecular flexibility index (Phi) is 16.1. The van der Waals surface area contributed by atoms with E-state index in [0.29, 0.717) is 43.2 Å². The largest absolute Gasteiger partial charge is 0.483 e. The lowest BCUT2D eigenvalue weighted by atomic mass is 9.78. The molecule has 0 saturated heterocycles. The highest BCUT2D eigenvalue weighted by molar-refractivity contribution is 7.90. The molecule has 21 heteroatoms. The second-order valence-electron chi connectivity index (χ2n) is 17.5. The van der Waals surface area contributed by atoms with Crippen LogP contribution in [0.15, 0.2) is 84.1 Å². The van der Waals surface area contributed by atoms with Gasteiger partial charge in [0.25, 0.3) is 6.47 Å².